The van der Waals surface area contributed by atoms with Crippen LogP contribution in [0.3, 0.4) is 0 Å². The summed E-state index contributed by atoms with van der Waals surface area (Å²) in [7, 11) is 0. The number of aliphatic hydroxyl groups is 1. The Hall–Kier alpha value is -3.43. The molecule has 36 heavy (non-hydrogen) atoms. The van der Waals surface area contributed by atoms with Gasteiger partial charge in [0.2, 0.25) is 5.91 Å². The summed E-state index contributed by atoms with van der Waals surface area (Å²) < 4.78 is 21.4. The zero-order chi connectivity index (χ0) is 25.6. The van der Waals surface area contributed by atoms with E-state index in [0.717, 1.165) is 10.9 Å². The van der Waals surface area contributed by atoms with Crippen molar-refractivity contribution in [3.8, 4) is 0 Å². The maximum atomic E-state index is 14.1. The van der Waals surface area contributed by atoms with Crippen LogP contribution >= 0.6 is 11.6 Å². The van der Waals surface area contributed by atoms with Crippen molar-refractivity contribution in [3.63, 3.8) is 0 Å². The molecule has 1 aromatic heterocycles. The van der Waals surface area contributed by atoms with Gasteiger partial charge in [0.15, 0.2) is 12.0 Å². The number of rotatable bonds is 7. The quantitative estimate of drug-likeness (QED) is 0.467. The number of aliphatic hydroxyl groups excluding tert-OH is 1. The number of carbonyl (C=O) groups excluding carboxylic acids is 3. The lowest BCUT2D eigenvalue weighted by atomic mass is 10.1. The molecule has 3 atom stereocenters. The van der Waals surface area contributed by atoms with Gasteiger partial charge in [-0.2, -0.15) is 0 Å². The molecule has 188 valence electrons. The molecule has 1 aliphatic heterocycles. The molecule has 5 rings (SSSR count). The second kappa shape index (κ2) is 9.22. The van der Waals surface area contributed by atoms with E-state index in [1.807, 2.05) is 24.3 Å². The fourth-order valence-corrected chi connectivity index (χ4v) is 5.35. The fraction of sp³-hybridized carbons (Fsp3) is 0.346. The number of Topliss-reactive ketones (excluding diaryl/α,β-unsaturated/α-hetero) is 1. The number of piperidine rings is 1. The molecule has 1 saturated heterocycles. The molecule has 2 heterocycles. The van der Waals surface area contributed by atoms with Gasteiger partial charge in [0.05, 0.1) is 11.6 Å². The Bertz CT molecular complexity index is 1370. The minimum absolute atomic E-state index is 0.0503. The summed E-state index contributed by atoms with van der Waals surface area (Å²) in [5.41, 5.74) is 0.979. The van der Waals surface area contributed by atoms with E-state index in [0.29, 0.717) is 18.4 Å². The summed E-state index contributed by atoms with van der Waals surface area (Å²) in [4.78, 5) is 39.6. The Morgan fingerprint density at radius 2 is 1.97 bits per heavy atom. The van der Waals surface area contributed by atoms with Gasteiger partial charge in [-0.05, 0) is 25.5 Å². The van der Waals surface area contributed by atoms with E-state index < -0.39 is 23.6 Å². The van der Waals surface area contributed by atoms with Crippen molar-refractivity contribution in [2.45, 2.75) is 45.1 Å². The van der Waals surface area contributed by atoms with E-state index in [-0.39, 0.29) is 48.0 Å². The van der Waals surface area contributed by atoms with Gasteiger partial charge in [-0.15, -0.1) is 0 Å². The number of carbonyl (C=O) groups is 3. The van der Waals surface area contributed by atoms with Crippen LogP contribution < -0.4 is 5.32 Å². The number of hydrogen-bond acceptors (Lipinski definition) is 5. The van der Waals surface area contributed by atoms with Gasteiger partial charge in [0.1, 0.15) is 12.4 Å². The Morgan fingerprint density at radius 1 is 1.19 bits per heavy atom. The van der Waals surface area contributed by atoms with E-state index in [1.165, 1.54) is 24.0 Å². The van der Waals surface area contributed by atoms with Crippen LogP contribution in [0.4, 0.5) is 9.18 Å². The topological polar surface area (TPSA) is 101 Å². The highest BCUT2D eigenvalue weighted by atomic mass is 35.5. The Labute approximate surface area is 211 Å². The fourth-order valence-electron chi connectivity index (χ4n) is 5.16. The lowest BCUT2D eigenvalue weighted by Gasteiger charge is -2.27. The van der Waals surface area contributed by atoms with Gasteiger partial charge >= 0.3 is 6.09 Å². The molecule has 2 fully saturated rings. The zero-order valence-electron chi connectivity index (χ0n) is 19.5. The van der Waals surface area contributed by atoms with Gasteiger partial charge < -0.3 is 24.6 Å². The number of amides is 2. The van der Waals surface area contributed by atoms with Crippen molar-refractivity contribution >= 4 is 40.3 Å². The van der Waals surface area contributed by atoms with Crippen molar-refractivity contribution in [1.82, 2.24) is 14.8 Å². The molecule has 0 bridgehead atoms. The van der Waals surface area contributed by atoms with E-state index >= 15 is 0 Å². The zero-order valence-corrected chi connectivity index (χ0v) is 20.3. The number of aromatic nitrogens is 1. The molecule has 10 heteroatoms. The number of nitrogens with one attached hydrogen (secondary N) is 1. The summed E-state index contributed by atoms with van der Waals surface area (Å²) in [5.74, 6) is -1.02. The summed E-state index contributed by atoms with van der Waals surface area (Å²) in [5, 5.41) is 13.1. The highest BCUT2D eigenvalue weighted by Gasteiger charge is 2.66. The predicted molar refractivity (Wildman–Crippen MR) is 130 cm³/mol. The second-order valence-corrected chi connectivity index (χ2v) is 9.82. The summed E-state index contributed by atoms with van der Waals surface area (Å²) >= 11 is 5.79. The predicted octanol–water partition coefficient (Wildman–Crippen LogP) is 3.87. The lowest BCUT2D eigenvalue weighted by molar-refractivity contribution is -0.140. The third kappa shape index (κ3) is 4.22. The average Bonchev–Trinajstić information content (AvgIpc) is 3.29. The van der Waals surface area contributed by atoms with Crippen LogP contribution in [0.2, 0.25) is 5.02 Å². The molecule has 3 aromatic rings. The molecule has 8 nitrogen and oxygen atoms in total. The Morgan fingerprint density at radius 3 is 2.72 bits per heavy atom. The molecule has 1 saturated carbocycles. The highest BCUT2D eigenvalue weighted by Crippen LogP contribution is 2.59. The van der Waals surface area contributed by atoms with Crippen molar-refractivity contribution in [3.05, 3.63) is 70.6 Å². The van der Waals surface area contributed by atoms with Crippen LogP contribution in [0.15, 0.2) is 48.7 Å². The third-order valence-corrected chi connectivity index (χ3v) is 7.44. The number of ether oxygens (including phenoxy) is 1. The Balaban J connectivity index is 1.31. The summed E-state index contributed by atoms with van der Waals surface area (Å²) in [6.07, 6.45) is 0.910. The first kappa shape index (κ1) is 24.3. The van der Waals surface area contributed by atoms with E-state index in [1.54, 1.807) is 16.8 Å². The molecule has 2 amide bonds. The van der Waals surface area contributed by atoms with Gasteiger partial charge in [0, 0.05) is 52.6 Å². The number of hydrogen-bond donors (Lipinski definition) is 2. The first-order chi connectivity index (χ1) is 17.2. The smallest absolute Gasteiger partial charge is 0.409 e. The van der Waals surface area contributed by atoms with Gasteiger partial charge in [-0.3, -0.25) is 9.59 Å². The molecule has 2 aliphatic rings. The maximum Gasteiger partial charge on any atom is 0.409 e. The summed E-state index contributed by atoms with van der Waals surface area (Å²) in [6.45, 7) is 1.16. The molecule has 1 aliphatic carbocycles. The van der Waals surface area contributed by atoms with Gasteiger partial charge in [-0.25, -0.2) is 9.18 Å². The van der Waals surface area contributed by atoms with Gasteiger partial charge in [0.25, 0.3) is 0 Å². The van der Waals surface area contributed by atoms with E-state index in [9.17, 15) is 23.9 Å². The number of fused-ring (bicyclic) bond motifs is 2. The Kier molecular flexibility index (Phi) is 6.22. The van der Waals surface area contributed by atoms with E-state index in [4.69, 9.17) is 16.3 Å². The van der Waals surface area contributed by atoms with Crippen LogP contribution in [-0.2, 0) is 22.6 Å². The molecule has 0 unspecified atom stereocenters. The number of nitrogens with zero attached hydrogens (tertiary/aromatic N) is 2. The third-order valence-electron chi connectivity index (χ3n) is 7.15. The monoisotopic (exact) mass is 513 g/mol. The normalized spacial score (nSPS) is 22.4. The lowest BCUT2D eigenvalue weighted by Crippen LogP contribution is -2.44. The average molecular weight is 514 g/mol. The molecule has 2 aromatic carbocycles. The summed E-state index contributed by atoms with van der Waals surface area (Å²) in [6, 6.07) is 11.6. The molecular formula is C26H25ClFN3O5. The minimum atomic E-state index is -0.873. The number of likely N-dealkylation sites (tertiary alicyclic amines) is 1. The molecular weight excluding hydrogens is 489 g/mol. The maximum absolute atomic E-state index is 14.1. The number of benzene rings is 2. The molecule has 0 spiro atoms. The van der Waals surface area contributed by atoms with E-state index in [2.05, 4.69) is 5.32 Å². The largest absolute Gasteiger partial charge is 0.425 e. The van der Waals surface area contributed by atoms with Crippen LogP contribution in [0.1, 0.15) is 35.7 Å². The number of halogens is 2. The molecule has 0 radical (unpaired) electrons. The standard InChI is InChI=1S/C26H25ClFN3O5/c1-15(33)18-12-30(20-8-3-2-6-17(18)20)13-22(34)31-21-9-26(21,14-32)10-23(31)36-25(35)29-11-16-5-4-7-19(27)24(16)28/h2-8,12,21,23,32H,9-11,13-14H2,1H3,(H,29,35)/t21-,23+,26-/m1/s1. The minimum Gasteiger partial charge on any atom is -0.425 e. The second-order valence-electron chi connectivity index (χ2n) is 9.42. The first-order valence-corrected chi connectivity index (χ1v) is 12.0. The van der Waals surface area contributed by atoms with Gasteiger partial charge in [-0.1, -0.05) is 41.9 Å². The van der Waals surface area contributed by atoms with Crippen molar-refractivity contribution < 1.29 is 28.6 Å². The highest BCUT2D eigenvalue weighted by molar-refractivity contribution is 6.30. The van der Waals surface area contributed by atoms with Crippen molar-refractivity contribution in [2.75, 3.05) is 6.61 Å². The van der Waals surface area contributed by atoms with Crippen LogP contribution in [0.25, 0.3) is 10.9 Å². The number of ketones is 1. The number of alkyl carbamates (subject to hydrolysis) is 1. The SMILES string of the molecule is CC(=O)c1cn(CC(=O)N2[C@@H](OC(=O)NCc3cccc(Cl)c3F)C[C@@]3(CO)C[C@@H]23)c2ccccc12. The van der Waals surface area contributed by atoms with Crippen molar-refractivity contribution in [2.24, 2.45) is 5.41 Å². The molecule has 2 N–H and O–H groups in total. The van der Waals surface area contributed by atoms with Crippen LogP contribution in [-0.4, -0.2) is 51.2 Å². The van der Waals surface area contributed by atoms with Crippen molar-refractivity contribution in [1.29, 1.82) is 0 Å². The number of para-hydroxylation sites is 1. The van der Waals surface area contributed by atoms with Crippen LogP contribution in [0.5, 0.6) is 0 Å². The van der Waals surface area contributed by atoms with Crippen LogP contribution in [0, 0.1) is 11.2 Å². The first-order valence-electron chi connectivity index (χ1n) is 11.6.